The Labute approximate surface area is 122 Å². The van der Waals surface area contributed by atoms with Gasteiger partial charge in [-0.05, 0) is 42.8 Å². The minimum atomic E-state index is 0.300. The molecule has 1 aromatic heterocycles. The highest BCUT2D eigenvalue weighted by molar-refractivity contribution is 9.10. The number of aromatic nitrogens is 1. The first kappa shape index (κ1) is 14.0. The molecule has 2 rings (SSSR count). The van der Waals surface area contributed by atoms with E-state index in [9.17, 15) is 0 Å². The van der Waals surface area contributed by atoms with Crippen LogP contribution in [0.5, 0.6) is 5.75 Å². The van der Waals surface area contributed by atoms with Gasteiger partial charge in [0.25, 0.3) is 0 Å². The number of ether oxygens (including phenoxy) is 1. The van der Waals surface area contributed by atoms with E-state index in [-0.39, 0.29) is 0 Å². The normalized spacial score (nSPS) is 12.1. The van der Waals surface area contributed by atoms with Crippen molar-refractivity contribution >= 4 is 15.9 Å². The first-order chi connectivity index (χ1) is 9.25. The van der Waals surface area contributed by atoms with Crippen molar-refractivity contribution in [2.75, 3.05) is 13.2 Å². The van der Waals surface area contributed by atoms with E-state index in [0.29, 0.717) is 12.6 Å². The number of nitrogens with zero attached hydrogens (tertiary/aromatic N) is 1. The highest BCUT2D eigenvalue weighted by Gasteiger charge is 2.03. The van der Waals surface area contributed by atoms with E-state index in [2.05, 4.69) is 33.2 Å². The van der Waals surface area contributed by atoms with Crippen molar-refractivity contribution < 1.29 is 4.74 Å². The summed E-state index contributed by atoms with van der Waals surface area (Å²) in [5, 5.41) is 3.42. The van der Waals surface area contributed by atoms with Crippen LogP contribution in [0.1, 0.15) is 18.5 Å². The molecule has 0 saturated carbocycles. The lowest BCUT2D eigenvalue weighted by Gasteiger charge is -2.14. The smallest absolute Gasteiger partial charge is 0.120 e. The molecule has 2 aromatic rings. The second kappa shape index (κ2) is 7.26. The molecule has 3 nitrogen and oxygen atoms in total. The largest absolute Gasteiger partial charge is 0.492 e. The van der Waals surface area contributed by atoms with Crippen molar-refractivity contribution in [3.63, 3.8) is 0 Å². The third-order valence-electron chi connectivity index (χ3n) is 2.82. The predicted octanol–water partition coefficient (Wildman–Crippen LogP) is 3.57. The number of halogens is 1. The maximum Gasteiger partial charge on any atom is 0.120 e. The van der Waals surface area contributed by atoms with Crippen molar-refractivity contribution in [2.45, 2.75) is 13.0 Å². The van der Waals surface area contributed by atoms with E-state index < -0.39 is 0 Å². The Balaban J connectivity index is 1.72. The van der Waals surface area contributed by atoms with Crippen molar-refractivity contribution in [1.82, 2.24) is 10.3 Å². The molecule has 4 heteroatoms. The Hall–Kier alpha value is -1.39. The maximum absolute atomic E-state index is 5.67. The molecule has 0 unspecified atom stereocenters. The molecule has 19 heavy (non-hydrogen) atoms. The first-order valence-electron chi connectivity index (χ1n) is 6.27. The van der Waals surface area contributed by atoms with Crippen LogP contribution in [0.15, 0.2) is 53.3 Å². The van der Waals surface area contributed by atoms with Crippen LogP contribution >= 0.6 is 15.9 Å². The van der Waals surface area contributed by atoms with Gasteiger partial charge in [0.15, 0.2) is 0 Å². The van der Waals surface area contributed by atoms with Gasteiger partial charge in [0.05, 0.1) is 0 Å². The standard InChI is InChI=1S/C15H17BrN2O/c1-12(13-5-7-17-8-6-13)18-9-10-19-15-4-2-3-14(16)11-15/h2-8,11-12,18H,9-10H2,1H3/t12-/m0/s1. The summed E-state index contributed by atoms with van der Waals surface area (Å²) in [6.45, 7) is 3.58. The number of benzene rings is 1. The second-order valence-corrected chi connectivity index (χ2v) is 5.18. The lowest BCUT2D eigenvalue weighted by atomic mass is 10.1. The molecule has 0 radical (unpaired) electrons. The summed E-state index contributed by atoms with van der Waals surface area (Å²) in [6.07, 6.45) is 3.62. The van der Waals surface area contributed by atoms with Crippen LogP contribution in [0.25, 0.3) is 0 Å². The number of rotatable bonds is 6. The predicted molar refractivity (Wildman–Crippen MR) is 80.3 cm³/mol. The third-order valence-corrected chi connectivity index (χ3v) is 3.32. The summed E-state index contributed by atoms with van der Waals surface area (Å²) in [5.74, 6) is 0.882. The fourth-order valence-corrected chi connectivity index (χ4v) is 2.15. The van der Waals surface area contributed by atoms with Crippen LogP contribution < -0.4 is 10.1 Å². The van der Waals surface area contributed by atoms with Crippen molar-refractivity contribution in [3.8, 4) is 5.75 Å². The fourth-order valence-electron chi connectivity index (χ4n) is 1.77. The monoisotopic (exact) mass is 320 g/mol. The molecular formula is C15H17BrN2O. The Morgan fingerprint density at radius 1 is 1.26 bits per heavy atom. The van der Waals surface area contributed by atoms with Crippen molar-refractivity contribution in [2.24, 2.45) is 0 Å². The van der Waals surface area contributed by atoms with Gasteiger partial charge in [-0.25, -0.2) is 0 Å². The Morgan fingerprint density at radius 2 is 2.05 bits per heavy atom. The highest BCUT2D eigenvalue weighted by Crippen LogP contribution is 2.17. The molecule has 1 atom stereocenters. The van der Waals surface area contributed by atoms with Crippen molar-refractivity contribution in [3.05, 3.63) is 58.8 Å². The van der Waals surface area contributed by atoms with E-state index in [1.807, 2.05) is 48.8 Å². The average Bonchev–Trinajstić information content (AvgIpc) is 2.44. The molecule has 1 aromatic carbocycles. The van der Waals surface area contributed by atoms with Crippen LogP contribution in [0, 0.1) is 0 Å². The third kappa shape index (κ3) is 4.65. The molecule has 0 saturated heterocycles. The zero-order valence-corrected chi connectivity index (χ0v) is 12.4. The molecule has 0 aliphatic rings. The number of hydrogen-bond acceptors (Lipinski definition) is 3. The van der Waals surface area contributed by atoms with Gasteiger partial charge in [0, 0.05) is 29.5 Å². The molecular weight excluding hydrogens is 304 g/mol. The lowest BCUT2D eigenvalue weighted by Crippen LogP contribution is -2.24. The van der Waals surface area contributed by atoms with Gasteiger partial charge < -0.3 is 10.1 Å². The number of nitrogens with one attached hydrogen (secondary N) is 1. The molecule has 0 aliphatic carbocycles. The zero-order valence-electron chi connectivity index (χ0n) is 10.8. The summed E-state index contributed by atoms with van der Waals surface area (Å²) < 4.78 is 6.70. The Kier molecular flexibility index (Phi) is 5.36. The quantitative estimate of drug-likeness (QED) is 0.826. The maximum atomic E-state index is 5.67. The van der Waals surface area contributed by atoms with Crippen molar-refractivity contribution in [1.29, 1.82) is 0 Å². The van der Waals surface area contributed by atoms with Gasteiger partial charge in [-0.1, -0.05) is 22.0 Å². The Bertz CT molecular complexity index is 505. The van der Waals surface area contributed by atoms with Gasteiger partial charge in [-0.3, -0.25) is 4.98 Å². The SMILES string of the molecule is C[C@H](NCCOc1cccc(Br)c1)c1ccncc1. The van der Waals surface area contributed by atoms with Gasteiger partial charge in [-0.15, -0.1) is 0 Å². The summed E-state index contributed by atoms with van der Waals surface area (Å²) in [6, 6.07) is 12.2. The molecule has 1 N–H and O–H groups in total. The molecule has 0 amide bonds. The minimum absolute atomic E-state index is 0.300. The fraction of sp³-hybridized carbons (Fsp3) is 0.267. The average molecular weight is 321 g/mol. The van der Waals surface area contributed by atoms with Crippen LogP contribution in [0.2, 0.25) is 0 Å². The topological polar surface area (TPSA) is 34.1 Å². The van der Waals surface area contributed by atoms with E-state index in [4.69, 9.17) is 4.74 Å². The van der Waals surface area contributed by atoms with E-state index in [1.165, 1.54) is 5.56 Å². The minimum Gasteiger partial charge on any atom is -0.492 e. The number of pyridine rings is 1. The van der Waals surface area contributed by atoms with Crippen LogP contribution in [0.4, 0.5) is 0 Å². The molecule has 100 valence electrons. The first-order valence-corrected chi connectivity index (χ1v) is 7.06. The van der Waals surface area contributed by atoms with E-state index in [1.54, 1.807) is 0 Å². The summed E-state index contributed by atoms with van der Waals surface area (Å²) in [4.78, 5) is 4.02. The van der Waals surface area contributed by atoms with Crippen LogP contribution in [0.3, 0.4) is 0 Å². The summed E-state index contributed by atoms with van der Waals surface area (Å²) in [7, 11) is 0. The second-order valence-electron chi connectivity index (χ2n) is 4.26. The Morgan fingerprint density at radius 3 is 2.79 bits per heavy atom. The van der Waals surface area contributed by atoms with Crippen LogP contribution in [-0.4, -0.2) is 18.1 Å². The molecule has 0 fully saturated rings. The summed E-state index contributed by atoms with van der Waals surface area (Å²) in [5.41, 5.74) is 1.23. The van der Waals surface area contributed by atoms with Gasteiger partial charge in [0.1, 0.15) is 12.4 Å². The van der Waals surface area contributed by atoms with Crippen LogP contribution in [-0.2, 0) is 0 Å². The zero-order chi connectivity index (χ0) is 13.5. The molecule has 1 heterocycles. The van der Waals surface area contributed by atoms with Gasteiger partial charge >= 0.3 is 0 Å². The molecule has 0 aliphatic heterocycles. The highest BCUT2D eigenvalue weighted by atomic mass is 79.9. The number of hydrogen-bond donors (Lipinski definition) is 1. The van der Waals surface area contributed by atoms with E-state index >= 15 is 0 Å². The molecule has 0 spiro atoms. The van der Waals surface area contributed by atoms with Gasteiger partial charge in [0.2, 0.25) is 0 Å². The van der Waals surface area contributed by atoms with Gasteiger partial charge in [-0.2, -0.15) is 0 Å². The lowest BCUT2D eigenvalue weighted by molar-refractivity contribution is 0.307. The van der Waals surface area contributed by atoms with E-state index in [0.717, 1.165) is 16.8 Å². The molecule has 0 bridgehead atoms. The summed E-state index contributed by atoms with van der Waals surface area (Å²) >= 11 is 3.42.